The van der Waals surface area contributed by atoms with Crippen molar-refractivity contribution < 1.29 is 9.53 Å². The Balaban J connectivity index is 2.07. The molecular weight excluding hydrogens is 338 g/mol. The number of carbonyl (C=O) groups excluding carboxylic acids is 1. The molecule has 1 heterocycles. The molecule has 0 radical (unpaired) electrons. The molecule has 0 aliphatic rings. The molecule has 2 aromatic carbocycles. The highest BCUT2D eigenvalue weighted by molar-refractivity contribution is 5.98. The summed E-state index contributed by atoms with van der Waals surface area (Å²) in [4.78, 5) is 17.6. The molecule has 0 aliphatic carbocycles. The van der Waals surface area contributed by atoms with E-state index < -0.39 is 0 Å². The summed E-state index contributed by atoms with van der Waals surface area (Å²) < 4.78 is 6.78. The van der Waals surface area contributed by atoms with E-state index in [4.69, 9.17) is 4.74 Å². The van der Waals surface area contributed by atoms with Crippen molar-refractivity contribution in [2.24, 2.45) is 0 Å². The SMILES string of the molecule is CCOc1nc(-c2ccc(C(C)(C)C)cc2)n(C(=O)c2ccccc2C)n1. The number of benzene rings is 2. The van der Waals surface area contributed by atoms with E-state index in [2.05, 4.69) is 43.0 Å². The summed E-state index contributed by atoms with van der Waals surface area (Å²) in [6, 6.07) is 15.7. The van der Waals surface area contributed by atoms with E-state index in [0.717, 1.165) is 11.1 Å². The van der Waals surface area contributed by atoms with Gasteiger partial charge in [-0.15, -0.1) is 5.10 Å². The van der Waals surface area contributed by atoms with Gasteiger partial charge in [0.25, 0.3) is 5.91 Å². The summed E-state index contributed by atoms with van der Waals surface area (Å²) in [5, 5.41) is 4.30. The van der Waals surface area contributed by atoms with Crippen LogP contribution in [0.25, 0.3) is 11.4 Å². The second kappa shape index (κ2) is 7.35. The first kappa shape index (κ1) is 18.8. The van der Waals surface area contributed by atoms with E-state index >= 15 is 0 Å². The first-order valence-electron chi connectivity index (χ1n) is 9.12. The number of rotatable bonds is 4. The minimum absolute atomic E-state index is 0.0552. The Morgan fingerprint density at radius 2 is 1.74 bits per heavy atom. The third-order valence-electron chi connectivity index (χ3n) is 4.44. The molecule has 0 atom stereocenters. The topological polar surface area (TPSA) is 57.0 Å². The Hall–Kier alpha value is -2.95. The van der Waals surface area contributed by atoms with Crippen LogP contribution in [0.5, 0.6) is 6.01 Å². The Bertz CT molecular complexity index is 950. The molecule has 0 spiro atoms. The van der Waals surface area contributed by atoms with Crippen LogP contribution in [-0.2, 0) is 5.41 Å². The summed E-state index contributed by atoms with van der Waals surface area (Å²) >= 11 is 0. The highest BCUT2D eigenvalue weighted by atomic mass is 16.5. The van der Waals surface area contributed by atoms with Gasteiger partial charge in [0.05, 0.1) is 6.61 Å². The van der Waals surface area contributed by atoms with Crippen LogP contribution in [0.15, 0.2) is 48.5 Å². The molecule has 0 saturated carbocycles. The van der Waals surface area contributed by atoms with Crippen molar-refractivity contribution in [3.8, 4) is 17.4 Å². The molecule has 140 valence electrons. The first-order valence-corrected chi connectivity index (χ1v) is 9.12. The average molecular weight is 363 g/mol. The highest BCUT2D eigenvalue weighted by Crippen LogP contribution is 2.27. The maximum Gasteiger partial charge on any atom is 0.336 e. The lowest BCUT2D eigenvalue weighted by molar-refractivity contribution is 0.0944. The van der Waals surface area contributed by atoms with E-state index in [-0.39, 0.29) is 17.3 Å². The van der Waals surface area contributed by atoms with Gasteiger partial charge in [-0.25, -0.2) is 0 Å². The minimum atomic E-state index is -0.221. The molecule has 0 bridgehead atoms. The van der Waals surface area contributed by atoms with Gasteiger partial charge in [-0.3, -0.25) is 4.79 Å². The third kappa shape index (κ3) is 3.92. The zero-order valence-corrected chi connectivity index (χ0v) is 16.5. The molecule has 27 heavy (non-hydrogen) atoms. The van der Waals surface area contributed by atoms with Crippen LogP contribution in [0.2, 0.25) is 0 Å². The van der Waals surface area contributed by atoms with Crippen LogP contribution < -0.4 is 4.74 Å². The van der Waals surface area contributed by atoms with Crippen LogP contribution in [0, 0.1) is 6.92 Å². The van der Waals surface area contributed by atoms with Gasteiger partial charge in [-0.05, 0) is 36.5 Å². The summed E-state index contributed by atoms with van der Waals surface area (Å²) in [5.41, 5.74) is 3.58. The van der Waals surface area contributed by atoms with Gasteiger partial charge in [0.15, 0.2) is 5.82 Å². The quantitative estimate of drug-likeness (QED) is 0.678. The van der Waals surface area contributed by atoms with Crippen molar-refractivity contribution in [2.45, 2.75) is 40.0 Å². The van der Waals surface area contributed by atoms with Crippen LogP contribution in [0.1, 0.15) is 49.2 Å². The lowest BCUT2D eigenvalue weighted by Crippen LogP contribution is -2.16. The number of aryl methyl sites for hydroxylation is 1. The normalized spacial score (nSPS) is 11.4. The number of ether oxygens (including phenoxy) is 1. The molecular formula is C22H25N3O2. The lowest BCUT2D eigenvalue weighted by atomic mass is 9.87. The molecule has 0 unspecified atom stereocenters. The van der Waals surface area contributed by atoms with Gasteiger partial charge in [0.2, 0.25) is 0 Å². The molecule has 0 fully saturated rings. The maximum atomic E-state index is 13.1. The van der Waals surface area contributed by atoms with Gasteiger partial charge < -0.3 is 4.74 Å². The fraction of sp³-hybridized carbons (Fsp3) is 0.318. The summed E-state index contributed by atoms with van der Waals surface area (Å²) in [7, 11) is 0. The molecule has 5 nitrogen and oxygen atoms in total. The third-order valence-corrected chi connectivity index (χ3v) is 4.44. The average Bonchev–Trinajstić information content (AvgIpc) is 3.05. The Morgan fingerprint density at radius 1 is 1.07 bits per heavy atom. The van der Waals surface area contributed by atoms with Gasteiger partial charge >= 0.3 is 6.01 Å². The largest absolute Gasteiger partial charge is 0.463 e. The molecule has 3 aromatic rings. The van der Waals surface area contributed by atoms with Crippen LogP contribution in [-0.4, -0.2) is 27.3 Å². The summed E-state index contributed by atoms with van der Waals surface area (Å²) in [6.45, 7) is 10.7. The Morgan fingerprint density at radius 3 is 2.33 bits per heavy atom. The zero-order chi connectivity index (χ0) is 19.6. The van der Waals surface area contributed by atoms with Crippen LogP contribution >= 0.6 is 0 Å². The van der Waals surface area contributed by atoms with Crippen LogP contribution in [0.3, 0.4) is 0 Å². The minimum Gasteiger partial charge on any atom is -0.463 e. The van der Waals surface area contributed by atoms with Gasteiger partial charge in [-0.2, -0.15) is 9.67 Å². The van der Waals surface area contributed by atoms with Crippen molar-refractivity contribution in [1.29, 1.82) is 0 Å². The second-order valence-electron chi connectivity index (χ2n) is 7.51. The molecule has 0 saturated heterocycles. The fourth-order valence-electron chi connectivity index (χ4n) is 2.86. The Kier molecular flexibility index (Phi) is 5.13. The van der Waals surface area contributed by atoms with E-state index in [0.29, 0.717) is 18.0 Å². The van der Waals surface area contributed by atoms with Gasteiger partial charge in [-0.1, -0.05) is 63.2 Å². The fourth-order valence-corrected chi connectivity index (χ4v) is 2.86. The standard InChI is InChI=1S/C22H25N3O2/c1-6-27-21-23-19(16-11-13-17(14-12-16)22(3,4)5)25(24-21)20(26)18-10-8-7-9-15(18)2/h7-14H,6H2,1-5H3. The highest BCUT2D eigenvalue weighted by Gasteiger charge is 2.21. The first-order chi connectivity index (χ1) is 12.8. The van der Waals surface area contributed by atoms with Crippen molar-refractivity contribution >= 4 is 5.91 Å². The summed E-state index contributed by atoms with van der Waals surface area (Å²) in [6.07, 6.45) is 0. The molecule has 0 N–H and O–H groups in total. The zero-order valence-electron chi connectivity index (χ0n) is 16.5. The predicted molar refractivity (Wildman–Crippen MR) is 106 cm³/mol. The monoisotopic (exact) mass is 363 g/mol. The Labute approximate surface area is 160 Å². The van der Waals surface area contributed by atoms with E-state index in [9.17, 15) is 4.79 Å². The van der Waals surface area contributed by atoms with Gasteiger partial charge in [0.1, 0.15) is 0 Å². The van der Waals surface area contributed by atoms with Crippen molar-refractivity contribution in [3.63, 3.8) is 0 Å². The van der Waals surface area contributed by atoms with E-state index in [1.54, 1.807) is 6.07 Å². The van der Waals surface area contributed by atoms with Crippen molar-refractivity contribution in [2.75, 3.05) is 6.61 Å². The van der Waals surface area contributed by atoms with E-state index in [1.165, 1.54) is 10.2 Å². The maximum absolute atomic E-state index is 13.1. The van der Waals surface area contributed by atoms with Crippen LogP contribution in [0.4, 0.5) is 0 Å². The summed E-state index contributed by atoms with van der Waals surface area (Å²) in [5.74, 6) is 0.258. The number of aromatic nitrogens is 3. The number of hydrogen-bond acceptors (Lipinski definition) is 4. The molecule has 5 heteroatoms. The number of nitrogens with zero attached hydrogens (tertiary/aromatic N) is 3. The number of hydrogen-bond donors (Lipinski definition) is 0. The smallest absolute Gasteiger partial charge is 0.336 e. The second-order valence-corrected chi connectivity index (χ2v) is 7.51. The molecule has 3 rings (SSSR count). The molecule has 0 amide bonds. The number of carbonyl (C=O) groups is 1. The molecule has 1 aromatic heterocycles. The van der Waals surface area contributed by atoms with Gasteiger partial charge in [0, 0.05) is 11.1 Å². The lowest BCUT2D eigenvalue weighted by Gasteiger charge is -2.19. The predicted octanol–water partition coefficient (Wildman–Crippen LogP) is 4.64. The molecule has 0 aliphatic heterocycles. The van der Waals surface area contributed by atoms with Crippen molar-refractivity contribution in [1.82, 2.24) is 14.8 Å². The van der Waals surface area contributed by atoms with E-state index in [1.807, 2.05) is 44.2 Å². The van der Waals surface area contributed by atoms with Crippen molar-refractivity contribution in [3.05, 3.63) is 65.2 Å².